The largest absolute Gasteiger partial charge is 1.00 e. The Labute approximate surface area is 116 Å². The summed E-state index contributed by atoms with van der Waals surface area (Å²) < 4.78 is 1.82. The lowest BCUT2D eigenvalue weighted by molar-refractivity contribution is -0.695. The van der Waals surface area contributed by atoms with E-state index in [4.69, 9.17) is 5.11 Å². The van der Waals surface area contributed by atoms with Gasteiger partial charge in [0.05, 0.1) is 11.9 Å². The molecule has 6 nitrogen and oxygen atoms in total. The number of hydrogen-bond donors (Lipinski definition) is 1. The van der Waals surface area contributed by atoms with Gasteiger partial charge in [-0.15, -0.1) is 5.10 Å². The number of aryl methyl sites for hydroxylation is 2. The fourth-order valence-corrected chi connectivity index (χ4v) is 1.53. The van der Waals surface area contributed by atoms with E-state index in [0.717, 1.165) is 11.3 Å². The summed E-state index contributed by atoms with van der Waals surface area (Å²) in [6.45, 7) is 2.24. The van der Waals surface area contributed by atoms with Crippen LogP contribution in [0.2, 0.25) is 0 Å². The molecule has 0 atom stereocenters. The van der Waals surface area contributed by atoms with E-state index >= 15 is 0 Å². The number of rotatable bonds is 4. The molecule has 0 aliphatic heterocycles. The molecular formula is C12H13ClN4O2. The molecule has 100 valence electrons. The van der Waals surface area contributed by atoms with E-state index in [-0.39, 0.29) is 18.8 Å². The molecule has 2 rings (SSSR count). The van der Waals surface area contributed by atoms with Gasteiger partial charge in [0.15, 0.2) is 18.9 Å². The number of aliphatic carboxylic acids is 1. The lowest BCUT2D eigenvalue weighted by atomic mass is 10.2. The summed E-state index contributed by atoms with van der Waals surface area (Å²) in [5.41, 5.74) is 1.69. The van der Waals surface area contributed by atoms with Crippen molar-refractivity contribution in [3.63, 3.8) is 0 Å². The summed E-state index contributed by atoms with van der Waals surface area (Å²) in [6, 6.07) is 3.76. The summed E-state index contributed by atoms with van der Waals surface area (Å²) in [5.74, 6) is -0.183. The first-order chi connectivity index (χ1) is 8.65. The highest BCUT2D eigenvalue weighted by Gasteiger charge is 2.06. The van der Waals surface area contributed by atoms with Crippen LogP contribution < -0.4 is 17.0 Å². The van der Waals surface area contributed by atoms with Crippen LogP contribution >= 0.6 is 0 Å². The molecule has 2 aromatic heterocycles. The quantitative estimate of drug-likeness (QED) is 0.633. The molecule has 0 radical (unpaired) electrons. The van der Waals surface area contributed by atoms with E-state index < -0.39 is 5.97 Å². The number of carbonyl (C=O) groups is 1. The summed E-state index contributed by atoms with van der Waals surface area (Å²) in [7, 11) is 0. The van der Waals surface area contributed by atoms with Gasteiger partial charge in [-0.25, -0.2) is 9.55 Å². The molecule has 0 unspecified atom stereocenters. The first-order valence-electron chi connectivity index (χ1n) is 5.53. The third kappa shape index (κ3) is 4.26. The van der Waals surface area contributed by atoms with Crippen molar-refractivity contribution in [3.8, 4) is 11.3 Å². The third-order valence-corrected chi connectivity index (χ3v) is 2.44. The molecular weight excluding hydrogens is 268 g/mol. The van der Waals surface area contributed by atoms with Crippen molar-refractivity contribution in [2.45, 2.75) is 19.9 Å². The standard InChI is InChI=1S/C12H12N4O2.ClH/c1-9-14-11(8-13-15-9)10-2-5-16(6-3-10)7-4-12(17)18;/h2-3,5-6,8H,4,7H2,1H3;1H. The highest BCUT2D eigenvalue weighted by Crippen LogP contribution is 2.12. The van der Waals surface area contributed by atoms with Gasteiger partial charge < -0.3 is 17.5 Å². The van der Waals surface area contributed by atoms with Gasteiger partial charge in [0, 0.05) is 17.7 Å². The summed E-state index contributed by atoms with van der Waals surface area (Å²) in [5, 5.41) is 16.2. The van der Waals surface area contributed by atoms with Crippen LogP contribution in [0, 0.1) is 6.92 Å². The van der Waals surface area contributed by atoms with Crippen molar-refractivity contribution in [1.29, 1.82) is 0 Å². The first kappa shape index (κ1) is 15.0. The average molecular weight is 281 g/mol. The molecule has 2 heterocycles. The van der Waals surface area contributed by atoms with Gasteiger partial charge in [-0.2, -0.15) is 5.10 Å². The van der Waals surface area contributed by atoms with E-state index in [1.165, 1.54) is 0 Å². The number of carboxylic acid groups (broad SMARTS) is 1. The van der Waals surface area contributed by atoms with Gasteiger partial charge >= 0.3 is 5.97 Å². The zero-order chi connectivity index (χ0) is 13.0. The van der Waals surface area contributed by atoms with Gasteiger partial charge in [-0.3, -0.25) is 4.79 Å². The molecule has 0 aromatic carbocycles. The number of aromatic nitrogens is 4. The van der Waals surface area contributed by atoms with Crippen molar-refractivity contribution in [1.82, 2.24) is 15.2 Å². The molecule has 1 N–H and O–H groups in total. The highest BCUT2D eigenvalue weighted by atomic mass is 35.5. The van der Waals surface area contributed by atoms with Crippen LogP contribution in [0.1, 0.15) is 12.2 Å². The Morgan fingerprint density at radius 1 is 1.37 bits per heavy atom. The normalized spacial score (nSPS) is 9.74. The van der Waals surface area contributed by atoms with Crippen LogP contribution in [0.15, 0.2) is 30.7 Å². The van der Waals surface area contributed by atoms with E-state index in [0.29, 0.717) is 12.4 Å². The van der Waals surface area contributed by atoms with E-state index in [1.54, 1.807) is 13.1 Å². The Hall–Kier alpha value is -2.08. The molecule has 7 heteroatoms. The Morgan fingerprint density at radius 2 is 2.05 bits per heavy atom. The maximum absolute atomic E-state index is 10.5. The molecule has 0 aliphatic rings. The highest BCUT2D eigenvalue weighted by molar-refractivity contribution is 5.66. The van der Waals surface area contributed by atoms with Gasteiger partial charge in [0.25, 0.3) is 0 Å². The number of carboxylic acids is 1. The summed E-state index contributed by atoms with van der Waals surface area (Å²) in [6.07, 6.45) is 5.37. The van der Waals surface area contributed by atoms with Crippen LogP contribution in [0.4, 0.5) is 0 Å². The second-order valence-corrected chi connectivity index (χ2v) is 3.86. The minimum absolute atomic E-state index is 0. The molecule has 0 fully saturated rings. The van der Waals surface area contributed by atoms with Crippen molar-refractivity contribution in [2.75, 3.05) is 0 Å². The van der Waals surface area contributed by atoms with Crippen molar-refractivity contribution in [2.24, 2.45) is 0 Å². The predicted molar refractivity (Wildman–Crippen MR) is 62.4 cm³/mol. The smallest absolute Gasteiger partial charge is 0.309 e. The van der Waals surface area contributed by atoms with Crippen molar-refractivity contribution < 1.29 is 26.9 Å². The molecule has 0 saturated carbocycles. The lowest BCUT2D eigenvalue weighted by Gasteiger charge is -2.00. The Kier molecular flexibility index (Phi) is 5.32. The molecule has 0 spiro atoms. The second-order valence-electron chi connectivity index (χ2n) is 3.86. The Bertz CT molecular complexity index is 560. The molecule has 2 aromatic rings. The monoisotopic (exact) mass is 280 g/mol. The zero-order valence-electron chi connectivity index (χ0n) is 10.3. The Morgan fingerprint density at radius 3 is 2.63 bits per heavy atom. The number of pyridine rings is 1. The number of hydrogen-bond acceptors (Lipinski definition) is 4. The van der Waals surface area contributed by atoms with E-state index in [1.807, 2.05) is 29.1 Å². The van der Waals surface area contributed by atoms with Gasteiger partial charge in [-0.1, -0.05) is 0 Å². The Balaban J connectivity index is 0.00000180. The number of nitrogens with zero attached hydrogens (tertiary/aromatic N) is 4. The average Bonchev–Trinajstić information content (AvgIpc) is 2.37. The lowest BCUT2D eigenvalue weighted by Crippen LogP contribution is -3.00. The summed E-state index contributed by atoms with van der Waals surface area (Å²) in [4.78, 5) is 14.7. The van der Waals surface area contributed by atoms with E-state index in [2.05, 4.69) is 15.2 Å². The van der Waals surface area contributed by atoms with Crippen molar-refractivity contribution >= 4 is 5.97 Å². The molecule has 0 amide bonds. The molecule has 0 bridgehead atoms. The predicted octanol–water partition coefficient (Wildman–Crippen LogP) is -2.39. The summed E-state index contributed by atoms with van der Waals surface area (Å²) >= 11 is 0. The molecule has 0 aliphatic carbocycles. The molecule has 19 heavy (non-hydrogen) atoms. The third-order valence-electron chi connectivity index (χ3n) is 2.44. The topological polar surface area (TPSA) is 79.9 Å². The van der Waals surface area contributed by atoms with Crippen molar-refractivity contribution in [3.05, 3.63) is 36.5 Å². The van der Waals surface area contributed by atoms with Crippen LogP contribution in [0.25, 0.3) is 11.3 Å². The fourth-order valence-electron chi connectivity index (χ4n) is 1.53. The minimum atomic E-state index is -0.804. The van der Waals surface area contributed by atoms with E-state index in [9.17, 15) is 4.79 Å². The number of halogens is 1. The minimum Gasteiger partial charge on any atom is -1.00 e. The first-order valence-corrected chi connectivity index (χ1v) is 5.53. The van der Waals surface area contributed by atoms with Gasteiger partial charge in [-0.05, 0) is 6.92 Å². The van der Waals surface area contributed by atoms with Crippen LogP contribution in [0.3, 0.4) is 0 Å². The van der Waals surface area contributed by atoms with Crippen LogP contribution in [0.5, 0.6) is 0 Å². The van der Waals surface area contributed by atoms with Crippen LogP contribution in [-0.2, 0) is 11.3 Å². The maximum Gasteiger partial charge on any atom is 0.309 e. The van der Waals surface area contributed by atoms with Crippen LogP contribution in [-0.4, -0.2) is 26.3 Å². The van der Waals surface area contributed by atoms with Gasteiger partial charge in [0.2, 0.25) is 0 Å². The molecule has 0 saturated heterocycles. The zero-order valence-corrected chi connectivity index (χ0v) is 11.1. The fraction of sp³-hybridized carbons (Fsp3) is 0.250. The SMILES string of the molecule is Cc1nncc(-c2cc[n+](CCC(=O)O)cc2)n1.[Cl-]. The second kappa shape index (κ2) is 6.75. The maximum atomic E-state index is 10.5. The van der Waals surface area contributed by atoms with Gasteiger partial charge in [0.1, 0.15) is 12.2 Å².